The third-order valence-corrected chi connectivity index (χ3v) is 4.47. The lowest BCUT2D eigenvalue weighted by Crippen LogP contribution is -2.29. The zero-order valence-corrected chi connectivity index (χ0v) is 11.7. The van der Waals surface area contributed by atoms with Crippen LogP contribution in [-0.4, -0.2) is 38.8 Å². The van der Waals surface area contributed by atoms with Crippen molar-refractivity contribution in [3.8, 4) is 0 Å². The molecule has 100 valence electrons. The highest BCUT2D eigenvalue weighted by Gasteiger charge is 2.18. The average Bonchev–Trinajstić information content (AvgIpc) is 2.41. The molecule has 0 aliphatic carbocycles. The topological polar surface area (TPSA) is 66.9 Å². The maximum absolute atomic E-state index is 11.3. The highest BCUT2D eigenvalue weighted by Crippen LogP contribution is 2.17. The van der Waals surface area contributed by atoms with Crippen molar-refractivity contribution in [3.63, 3.8) is 0 Å². The van der Waals surface area contributed by atoms with Gasteiger partial charge < -0.3 is 10.6 Å². The van der Waals surface area contributed by atoms with Gasteiger partial charge in [-0.05, 0) is 12.8 Å². The number of aromatic nitrogens is 2. The van der Waals surface area contributed by atoms with Gasteiger partial charge in [0.2, 0.25) is 0 Å². The third kappa shape index (κ3) is 3.41. The molecule has 1 fully saturated rings. The van der Waals surface area contributed by atoms with Gasteiger partial charge in [0.25, 0.3) is 0 Å². The lowest BCUT2D eigenvalue weighted by Gasteiger charge is -2.23. The maximum atomic E-state index is 11.3. The Kier molecular flexibility index (Phi) is 4.52. The summed E-state index contributed by atoms with van der Waals surface area (Å²) in [6, 6.07) is 2.30. The normalized spacial score (nSPS) is 23.7. The molecule has 0 spiro atoms. The van der Waals surface area contributed by atoms with Crippen LogP contribution >= 0.6 is 0 Å². The molecule has 2 rings (SSSR count). The summed E-state index contributed by atoms with van der Waals surface area (Å²) in [5.41, 5.74) is 0. The third-order valence-electron chi connectivity index (χ3n) is 3.08. The van der Waals surface area contributed by atoms with Crippen LogP contribution in [-0.2, 0) is 17.2 Å². The van der Waals surface area contributed by atoms with Crippen molar-refractivity contribution in [1.82, 2.24) is 9.97 Å². The first-order valence-electron chi connectivity index (χ1n) is 6.38. The molecule has 1 aliphatic heterocycles. The number of aryl methyl sites for hydroxylation is 1. The summed E-state index contributed by atoms with van der Waals surface area (Å²) in [4.78, 5) is 8.84. The molecule has 5 nitrogen and oxygen atoms in total. The molecule has 0 amide bonds. The van der Waals surface area contributed by atoms with E-state index in [-0.39, 0.29) is 0 Å². The molecule has 0 bridgehead atoms. The summed E-state index contributed by atoms with van der Waals surface area (Å²) >= 11 is 0. The summed E-state index contributed by atoms with van der Waals surface area (Å²) in [7, 11) is 1.24. The molecule has 2 N–H and O–H groups in total. The quantitative estimate of drug-likeness (QED) is 0.864. The van der Waals surface area contributed by atoms with E-state index in [0.29, 0.717) is 6.04 Å². The molecule has 0 aromatic carbocycles. The van der Waals surface area contributed by atoms with Crippen molar-refractivity contribution in [2.24, 2.45) is 0 Å². The molecule has 0 atom stereocenters. The van der Waals surface area contributed by atoms with Crippen molar-refractivity contribution in [3.05, 3.63) is 11.9 Å². The average molecular weight is 268 g/mol. The molecule has 0 unspecified atom stereocenters. The fraction of sp³-hybridized carbons (Fsp3) is 0.667. The van der Waals surface area contributed by atoms with E-state index in [9.17, 15) is 4.21 Å². The number of hydrogen-bond donors (Lipinski definition) is 2. The lowest BCUT2D eigenvalue weighted by molar-refractivity contribution is 0.622. The number of anilines is 2. The van der Waals surface area contributed by atoms with E-state index in [2.05, 4.69) is 20.6 Å². The highest BCUT2D eigenvalue weighted by atomic mass is 32.2. The van der Waals surface area contributed by atoms with Gasteiger partial charge in [0, 0.05) is 47.9 Å². The van der Waals surface area contributed by atoms with Gasteiger partial charge in [-0.2, -0.15) is 0 Å². The SMILES string of the molecule is CCc1nc(NC)cc(NC2CCS(=O)CC2)n1. The predicted molar refractivity (Wildman–Crippen MR) is 75.5 cm³/mol. The van der Waals surface area contributed by atoms with E-state index in [0.717, 1.165) is 48.2 Å². The van der Waals surface area contributed by atoms with Gasteiger partial charge in [0.1, 0.15) is 17.5 Å². The Morgan fingerprint density at radius 3 is 2.61 bits per heavy atom. The molecule has 0 saturated carbocycles. The van der Waals surface area contributed by atoms with E-state index in [1.165, 1.54) is 0 Å². The minimum absolute atomic E-state index is 0.381. The van der Waals surface area contributed by atoms with Crippen LogP contribution in [0.2, 0.25) is 0 Å². The Hall–Kier alpha value is -1.17. The van der Waals surface area contributed by atoms with Crippen LogP contribution < -0.4 is 10.6 Å². The van der Waals surface area contributed by atoms with Crippen LogP contribution in [0.1, 0.15) is 25.6 Å². The summed E-state index contributed by atoms with van der Waals surface area (Å²) in [5.74, 6) is 4.13. The Balaban J connectivity index is 2.06. The lowest BCUT2D eigenvalue weighted by atomic mass is 10.1. The predicted octanol–water partition coefficient (Wildman–Crippen LogP) is 1.40. The van der Waals surface area contributed by atoms with Crippen LogP contribution in [0.15, 0.2) is 6.07 Å². The summed E-state index contributed by atoms with van der Waals surface area (Å²) in [5, 5.41) is 6.47. The van der Waals surface area contributed by atoms with Crippen LogP contribution in [0, 0.1) is 0 Å². The first kappa shape index (κ1) is 13.3. The molecular weight excluding hydrogens is 248 g/mol. The van der Waals surface area contributed by atoms with E-state index in [4.69, 9.17) is 0 Å². The zero-order valence-electron chi connectivity index (χ0n) is 10.9. The van der Waals surface area contributed by atoms with Gasteiger partial charge in [0.05, 0.1) is 0 Å². The fourth-order valence-corrected chi connectivity index (χ4v) is 3.30. The Morgan fingerprint density at radius 2 is 2.00 bits per heavy atom. The zero-order chi connectivity index (χ0) is 13.0. The second kappa shape index (κ2) is 6.13. The van der Waals surface area contributed by atoms with Crippen LogP contribution in [0.4, 0.5) is 11.6 Å². The minimum Gasteiger partial charge on any atom is -0.373 e. The van der Waals surface area contributed by atoms with Crippen molar-refractivity contribution in [2.45, 2.75) is 32.2 Å². The van der Waals surface area contributed by atoms with Gasteiger partial charge >= 0.3 is 0 Å². The molecule has 1 aromatic heterocycles. The smallest absolute Gasteiger partial charge is 0.132 e. The minimum atomic E-state index is -0.616. The van der Waals surface area contributed by atoms with Crippen molar-refractivity contribution < 1.29 is 4.21 Å². The van der Waals surface area contributed by atoms with Gasteiger partial charge in [-0.25, -0.2) is 9.97 Å². The number of nitrogens with one attached hydrogen (secondary N) is 2. The monoisotopic (exact) mass is 268 g/mol. The number of nitrogens with zero attached hydrogens (tertiary/aromatic N) is 2. The fourth-order valence-electron chi connectivity index (χ4n) is 2.00. The van der Waals surface area contributed by atoms with Gasteiger partial charge in [-0.1, -0.05) is 6.92 Å². The van der Waals surface area contributed by atoms with E-state index < -0.39 is 10.8 Å². The highest BCUT2D eigenvalue weighted by molar-refractivity contribution is 7.85. The standard InChI is InChI=1S/C12H20N4OS/c1-3-10-15-11(13-2)8-12(16-10)14-9-4-6-18(17)7-5-9/h8-9H,3-7H2,1-2H3,(H2,13,14,15,16). The van der Waals surface area contributed by atoms with Crippen LogP contribution in [0.5, 0.6) is 0 Å². The molecule has 1 aliphatic rings. The van der Waals surface area contributed by atoms with E-state index in [1.54, 1.807) is 0 Å². The largest absolute Gasteiger partial charge is 0.373 e. The summed E-state index contributed by atoms with van der Waals surface area (Å²) in [6.45, 7) is 2.04. The molecule has 2 heterocycles. The second-order valence-electron chi connectivity index (χ2n) is 4.42. The first-order valence-corrected chi connectivity index (χ1v) is 7.87. The van der Waals surface area contributed by atoms with E-state index >= 15 is 0 Å². The van der Waals surface area contributed by atoms with Gasteiger partial charge in [-0.15, -0.1) is 0 Å². The van der Waals surface area contributed by atoms with Crippen molar-refractivity contribution in [1.29, 1.82) is 0 Å². The Labute approximate surface area is 110 Å². The second-order valence-corrected chi connectivity index (χ2v) is 6.12. The van der Waals surface area contributed by atoms with Crippen LogP contribution in [0.25, 0.3) is 0 Å². The van der Waals surface area contributed by atoms with Crippen molar-refractivity contribution in [2.75, 3.05) is 29.2 Å². The summed E-state index contributed by atoms with van der Waals surface area (Å²) in [6.07, 6.45) is 2.72. The number of hydrogen-bond acceptors (Lipinski definition) is 5. The number of rotatable bonds is 4. The van der Waals surface area contributed by atoms with E-state index in [1.807, 2.05) is 20.0 Å². The van der Waals surface area contributed by atoms with Crippen LogP contribution in [0.3, 0.4) is 0 Å². The molecule has 6 heteroatoms. The molecule has 1 saturated heterocycles. The summed E-state index contributed by atoms with van der Waals surface area (Å²) < 4.78 is 11.3. The molecular formula is C12H20N4OS. The first-order chi connectivity index (χ1) is 8.71. The maximum Gasteiger partial charge on any atom is 0.132 e. The molecule has 1 aromatic rings. The van der Waals surface area contributed by atoms with Gasteiger partial charge in [-0.3, -0.25) is 4.21 Å². The van der Waals surface area contributed by atoms with Crippen molar-refractivity contribution >= 4 is 22.4 Å². The Morgan fingerprint density at radius 1 is 1.33 bits per heavy atom. The molecule has 0 radical (unpaired) electrons. The van der Waals surface area contributed by atoms with Gasteiger partial charge in [0.15, 0.2) is 0 Å². The Bertz CT molecular complexity index is 406. The molecule has 18 heavy (non-hydrogen) atoms.